The van der Waals surface area contributed by atoms with Gasteiger partial charge in [-0.25, -0.2) is 4.79 Å². The summed E-state index contributed by atoms with van der Waals surface area (Å²) in [5.74, 6) is 0.0554. The third kappa shape index (κ3) is 5.70. The average molecular weight is 547 g/mol. The molecule has 0 saturated carbocycles. The van der Waals surface area contributed by atoms with Gasteiger partial charge in [-0.15, -0.1) is 0 Å². The van der Waals surface area contributed by atoms with Gasteiger partial charge < -0.3 is 20.4 Å². The van der Waals surface area contributed by atoms with Gasteiger partial charge in [-0.05, 0) is 65.3 Å². The quantitative estimate of drug-likeness (QED) is 0.260. The Morgan fingerprint density at radius 2 is 1.46 bits per heavy atom. The van der Waals surface area contributed by atoms with Gasteiger partial charge in [-0.3, -0.25) is 4.79 Å². The van der Waals surface area contributed by atoms with Crippen molar-refractivity contribution in [2.45, 2.75) is 50.9 Å². The molecule has 0 radical (unpaired) electrons. The summed E-state index contributed by atoms with van der Waals surface area (Å²) >= 11 is 0. The van der Waals surface area contributed by atoms with Gasteiger partial charge in [0.05, 0.1) is 6.04 Å². The molecule has 4 aromatic carbocycles. The lowest BCUT2D eigenvalue weighted by atomic mass is 10.0. The van der Waals surface area contributed by atoms with Crippen LogP contribution in [0.3, 0.4) is 0 Å². The first kappa shape index (κ1) is 27.0. The van der Waals surface area contributed by atoms with Crippen LogP contribution in [0.5, 0.6) is 0 Å². The number of benzene rings is 4. The topological polar surface area (TPSA) is 69.9 Å². The molecule has 2 saturated heterocycles. The Hall–Kier alpha value is -4.16. The van der Waals surface area contributed by atoms with Gasteiger partial charge in [0, 0.05) is 26.2 Å². The predicted molar refractivity (Wildman–Crippen MR) is 164 cm³/mol. The maximum Gasteiger partial charge on any atom is 0.321 e. The van der Waals surface area contributed by atoms with E-state index in [4.69, 9.17) is 5.73 Å². The number of unbranched alkanes of at least 4 members (excludes halogenated alkanes) is 1. The van der Waals surface area contributed by atoms with E-state index in [9.17, 15) is 9.59 Å². The van der Waals surface area contributed by atoms with Crippen LogP contribution in [-0.4, -0.2) is 58.4 Å². The molecule has 0 aliphatic carbocycles. The first-order chi connectivity index (χ1) is 20.1. The SMILES string of the molecule is NCCCCC1C(=O)N(Cc2cccc3ccccc23)CCC2CN(Cc3ccc(-c4ccccc4)cc3)C(=O)N21. The van der Waals surface area contributed by atoms with Crippen molar-refractivity contribution in [3.8, 4) is 11.1 Å². The van der Waals surface area contributed by atoms with Crippen molar-refractivity contribution in [2.75, 3.05) is 19.6 Å². The number of nitrogens with two attached hydrogens (primary N) is 1. The minimum Gasteiger partial charge on any atom is -0.336 e. The smallest absolute Gasteiger partial charge is 0.321 e. The maximum atomic E-state index is 14.1. The molecule has 41 heavy (non-hydrogen) atoms. The highest BCUT2D eigenvalue weighted by Crippen LogP contribution is 2.31. The molecule has 2 aliphatic rings. The van der Waals surface area contributed by atoms with E-state index >= 15 is 0 Å². The Labute approximate surface area is 242 Å². The zero-order valence-corrected chi connectivity index (χ0v) is 23.5. The maximum absolute atomic E-state index is 14.1. The highest BCUT2D eigenvalue weighted by atomic mass is 16.2. The summed E-state index contributed by atoms with van der Waals surface area (Å²) in [5.41, 5.74) is 10.4. The third-order valence-corrected chi connectivity index (χ3v) is 8.59. The minimum atomic E-state index is -0.456. The Bertz CT molecular complexity index is 1500. The molecule has 210 valence electrons. The second-order valence-corrected chi connectivity index (χ2v) is 11.3. The average Bonchev–Trinajstić information content (AvgIpc) is 3.25. The third-order valence-electron chi connectivity index (χ3n) is 8.59. The summed E-state index contributed by atoms with van der Waals surface area (Å²) in [4.78, 5) is 33.8. The fourth-order valence-corrected chi connectivity index (χ4v) is 6.43. The highest BCUT2D eigenvalue weighted by Gasteiger charge is 2.46. The molecule has 4 aromatic rings. The van der Waals surface area contributed by atoms with Crippen LogP contribution in [0.15, 0.2) is 97.1 Å². The van der Waals surface area contributed by atoms with Crippen molar-refractivity contribution < 1.29 is 9.59 Å². The lowest BCUT2D eigenvalue weighted by Gasteiger charge is -2.31. The summed E-state index contributed by atoms with van der Waals surface area (Å²) in [6, 6.07) is 32.9. The molecule has 3 amide bonds. The van der Waals surface area contributed by atoms with E-state index in [-0.39, 0.29) is 18.0 Å². The zero-order valence-electron chi connectivity index (χ0n) is 23.5. The number of amides is 3. The van der Waals surface area contributed by atoms with E-state index < -0.39 is 6.04 Å². The van der Waals surface area contributed by atoms with E-state index in [0.29, 0.717) is 39.1 Å². The van der Waals surface area contributed by atoms with Crippen LogP contribution in [-0.2, 0) is 17.9 Å². The fourth-order valence-electron chi connectivity index (χ4n) is 6.43. The van der Waals surface area contributed by atoms with Gasteiger partial charge in [0.1, 0.15) is 6.04 Å². The second-order valence-electron chi connectivity index (χ2n) is 11.3. The second kappa shape index (κ2) is 12.1. The highest BCUT2D eigenvalue weighted by molar-refractivity contribution is 5.90. The molecule has 0 bridgehead atoms. The summed E-state index contributed by atoms with van der Waals surface area (Å²) < 4.78 is 0. The van der Waals surface area contributed by atoms with Crippen molar-refractivity contribution >= 4 is 22.7 Å². The van der Waals surface area contributed by atoms with Gasteiger partial charge in [-0.1, -0.05) is 97.1 Å². The van der Waals surface area contributed by atoms with E-state index in [1.807, 2.05) is 45.0 Å². The van der Waals surface area contributed by atoms with Gasteiger partial charge >= 0.3 is 6.03 Å². The molecule has 2 fully saturated rings. The first-order valence-corrected chi connectivity index (χ1v) is 14.8. The van der Waals surface area contributed by atoms with Crippen LogP contribution in [0.25, 0.3) is 21.9 Å². The lowest BCUT2D eigenvalue weighted by Crippen LogP contribution is -2.49. The van der Waals surface area contributed by atoms with Gasteiger partial charge in [-0.2, -0.15) is 0 Å². The number of carbonyl (C=O) groups excluding carboxylic acids is 2. The number of urea groups is 1. The van der Waals surface area contributed by atoms with Crippen molar-refractivity contribution in [3.63, 3.8) is 0 Å². The monoisotopic (exact) mass is 546 g/mol. The van der Waals surface area contributed by atoms with E-state index in [1.165, 1.54) is 16.3 Å². The van der Waals surface area contributed by atoms with Crippen LogP contribution in [0, 0.1) is 0 Å². The van der Waals surface area contributed by atoms with Crippen LogP contribution in [0.4, 0.5) is 4.79 Å². The van der Waals surface area contributed by atoms with Crippen molar-refractivity contribution in [2.24, 2.45) is 5.73 Å². The number of hydrogen-bond acceptors (Lipinski definition) is 3. The molecule has 0 spiro atoms. The molecular formula is C35H38N4O2. The number of nitrogens with zero attached hydrogens (tertiary/aromatic N) is 3. The Balaban J connectivity index is 1.20. The number of rotatable bonds is 9. The normalized spacial score (nSPS) is 19.1. The number of carbonyl (C=O) groups is 2. The summed E-state index contributed by atoms with van der Waals surface area (Å²) in [6.07, 6.45) is 3.09. The van der Waals surface area contributed by atoms with Gasteiger partial charge in [0.25, 0.3) is 0 Å². The molecule has 2 unspecified atom stereocenters. The van der Waals surface area contributed by atoms with E-state index in [0.717, 1.165) is 36.0 Å². The van der Waals surface area contributed by atoms with E-state index in [1.54, 1.807) is 0 Å². The Kier molecular flexibility index (Phi) is 8.01. The molecule has 6 rings (SSSR count). The largest absolute Gasteiger partial charge is 0.336 e. The zero-order chi connectivity index (χ0) is 28.2. The van der Waals surface area contributed by atoms with E-state index in [2.05, 4.69) is 66.7 Å². The predicted octanol–water partition coefficient (Wildman–Crippen LogP) is 6.04. The summed E-state index contributed by atoms with van der Waals surface area (Å²) in [7, 11) is 0. The van der Waals surface area contributed by atoms with Gasteiger partial charge in [0.15, 0.2) is 0 Å². The minimum absolute atomic E-state index is 0.0236. The van der Waals surface area contributed by atoms with Crippen LogP contribution in [0.1, 0.15) is 36.8 Å². The van der Waals surface area contributed by atoms with Crippen LogP contribution < -0.4 is 5.73 Å². The number of hydrogen-bond donors (Lipinski definition) is 1. The molecule has 2 N–H and O–H groups in total. The summed E-state index contributed by atoms with van der Waals surface area (Å²) in [6.45, 7) is 2.97. The molecule has 0 aromatic heterocycles. The van der Waals surface area contributed by atoms with Crippen LogP contribution in [0.2, 0.25) is 0 Å². The van der Waals surface area contributed by atoms with Crippen molar-refractivity contribution in [1.82, 2.24) is 14.7 Å². The fraction of sp³-hybridized carbons (Fsp3) is 0.314. The number of fused-ring (bicyclic) bond motifs is 2. The molecule has 6 heteroatoms. The molecule has 2 atom stereocenters. The Morgan fingerprint density at radius 1 is 0.732 bits per heavy atom. The standard InChI is InChI=1S/C35H38N4O2/c36-21-7-6-15-33-34(40)37(24-30-13-8-12-29-11-4-5-14-32(29)30)22-20-31-25-38(35(41)39(31)33)23-26-16-18-28(19-17-26)27-9-2-1-3-10-27/h1-5,8-14,16-19,31,33H,6-7,15,20-25,36H2. The molecule has 2 heterocycles. The molecule has 2 aliphatic heterocycles. The molecular weight excluding hydrogens is 508 g/mol. The summed E-state index contributed by atoms with van der Waals surface area (Å²) in [5, 5.41) is 2.35. The lowest BCUT2D eigenvalue weighted by molar-refractivity contribution is -0.135. The van der Waals surface area contributed by atoms with Crippen molar-refractivity contribution in [1.29, 1.82) is 0 Å². The van der Waals surface area contributed by atoms with Crippen LogP contribution >= 0.6 is 0 Å². The Morgan fingerprint density at radius 3 is 2.27 bits per heavy atom. The van der Waals surface area contributed by atoms with Crippen molar-refractivity contribution in [3.05, 3.63) is 108 Å². The van der Waals surface area contributed by atoms with Gasteiger partial charge in [0.2, 0.25) is 5.91 Å². The molecule has 6 nitrogen and oxygen atoms in total. The first-order valence-electron chi connectivity index (χ1n) is 14.8.